The van der Waals surface area contributed by atoms with Gasteiger partial charge in [0.15, 0.2) is 0 Å². The van der Waals surface area contributed by atoms with Gasteiger partial charge in [-0.05, 0) is 36.1 Å². The largest absolute Gasteiger partial charge is 0.368 e. The van der Waals surface area contributed by atoms with Crippen molar-refractivity contribution in [1.29, 1.82) is 0 Å². The van der Waals surface area contributed by atoms with Gasteiger partial charge in [0.05, 0.1) is 10.7 Å². The maximum absolute atomic E-state index is 6.30. The van der Waals surface area contributed by atoms with Crippen LogP contribution in [0.25, 0.3) is 0 Å². The zero-order valence-electron chi connectivity index (χ0n) is 13.2. The van der Waals surface area contributed by atoms with Crippen molar-refractivity contribution in [2.45, 2.75) is 26.7 Å². The Hall–Kier alpha value is -0.380. The Labute approximate surface area is 139 Å². The molecule has 2 nitrogen and oxygen atoms in total. The van der Waals surface area contributed by atoms with Gasteiger partial charge in [-0.3, -0.25) is 4.90 Å². The molecule has 1 aromatic rings. The minimum absolute atomic E-state index is 0.371. The monoisotopic (exact) mass is 326 g/mol. The molecule has 0 amide bonds. The zero-order valence-corrected chi connectivity index (χ0v) is 14.8. The van der Waals surface area contributed by atoms with E-state index in [1.807, 2.05) is 12.1 Å². The van der Waals surface area contributed by atoms with Gasteiger partial charge in [-0.25, -0.2) is 0 Å². The van der Waals surface area contributed by atoms with Gasteiger partial charge in [0.1, 0.15) is 0 Å². The summed E-state index contributed by atoms with van der Waals surface area (Å²) in [6.07, 6.45) is 2.41. The molecule has 1 aromatic carbocycles. The van der Waals surface area contributed by atoms with Crippen molar-refractivity contribution in [3.63, 3.8) is 0 Å². The SMILES string of the molecule is CCC(CC)(CS)CN1CCN(c2ccccc2Cl)CC1. The molecule has 1 heterocycles. The Kier molecular flexibility index (Phi) is 6.27. The van der Waals surface area contributed by atoms with Crippen LogP contribution in [0.5, 0.6) is 0 Å². The highest BCUT2D eigenvalue weighted by Gasteiger charge is 2.29. The number of benzene rings is 1. The number of thiol groups is 1. The number of hydrogen-bond acceptors (Lipinski definition) is 3. The highest BCUT2D eigenvalue weighted by Crippen LogP contribution is 2.30. The number of nitrogens with zero attached hydrogens (tertiary/aromatic N) is 2. The lowest BCUT2D eigenvalue weighted by atomic mass is 9.83. The number of piperazine rings is 1. The van der Waals surface area contributed by atoms with E-state index in [0.717, 1.165) is 37.0 Å². The molecule has 1 aliphatic rings. The van der Waals surface area contributed by atoms with Crippen LogP contribution in [0.3, 0.4) is 0 Å². The molecule has 4 heteroatoms. The summed E-state index contributed by atoms with van der Waals surface area (Å²) < 4.78 is 0. The van der Waals surface area contributed by atoms with Crippen LogP contribution in [0, 0.1) is 5.41 Å². The van der Waals surface area contributed by atoms with Gasteiger partial charge in [-0.1, -0.05) is 37.6 Å². The predicted molar refractivity (Wildman–Crippen MR) is 97.0 cm³/mol. The van der Waals surface area contributed by atoms with Gasteiger partial charge in [0, 0.05) is 32.7 Å². The number of para-hydroxylation sites is 1. The predicted octanol–water partition coefficient (Wildman–Crippen LogP) is 4.20. The van der Waals surface area contributed by atoms with Crippen LogP contribution in [-0.4, -0.2) is 43.4 Å². The van der Waals surface area contributed by atoms with Crippen LogP contribution in [-0.2, 0) is 0 Å². The third kappa shape index (κ3) is 4.08. The molecular formula is C17H27ClN2S. The molecule has 0 aromatic heterocycles. The molecule has 0 bridgehead atoms. The van der Waals surface area contributed by atoms with Gasteiger partial charge in [0.2, 0.25) is 0 Å². The lowest BCUT2D eigenvalue weighted by molar-refractivity contribution is 0.151. The van der Waals surface area contributed by atoms with Crippen molar-refractivity contribution < 1.29 is 0 Å². The lowest BCUT2D eigenvalue weighted by Crippen LogP contribution is -2.50. The van der Waals surface area contributed by atoms with E-state index in [9.17, 15) is 0 Å². The lowest BCUT2D eigenvalue weighted by Gasteiger charge is -2.41. The van der Waals surface area contributed by atoms with Crippen molar-refractivity contribution >= 4 is 29.9 Å². The van der Waals surface area contributed by atoms with Crippen molar-refractivity contribution in [3.8, 4) is 0 Å². The summed E-state index contributed by atoms with van der Waals surface area (Å²) in [6.45, 7) is 10.1. The third-order valence-electron chi connectivity index (χ3n) is 4.96. The normalized spacial score (nSPS) is 17.2. The summed E-state index contributed by atoms with van der Waals surface area (Å²) in [4.78, 5) is 5.00. The van der Waals surface area contributed by atoms with E-state index >= 15 is 0 Å². The van der Waals surface area contributed by atoms with E-state index in [1.54, 1.807) is 0 Å². The van der Waals surface area contributed by atoms with Crippen LogP contribution in [0.4, 0.5) is 5.69 Å². The van der Waals surface area contributed by atoms with Crippen LogP contribution >= 0.6 is 24.2 Å². The average Bonchev–Trinajstić information content (AvgIpc) is 2.54. The van der Waals surface area contributed by atoms with Crippen molar-refractivity contribution in [2.24, 2.45) is 5.41 Å². The Morgan fingerprint density at radius 3 is 2.24 bits per heavy atom. The summed E-state index contributed by atoms with van der Waals surface area (Å²) in [7, 11) is 0. The first-order valence-electron chi connectivity index (χ1n) is 7.97. The third-order valence-corrected chi connectivity index (χ3v) is 5.95. The molecule has 21 heavy (non-hydrogen) atoms. The Morgan fingerprint density at radius 2 is 1.71 bits per heavy atom. The van der Waals surface area contributed by atoms with Gasteiger partial charge in [-0.15, -0.1) is 0 Å². The van der Waals surface area contributed by atoms with E-state index in [2.05, 4.69) is 48.4 Å². The maximum Gasteiger partial charge on any atom is 0.0639 e. The molecule has 1 saturated heterocycles. The van der Waals surface area contributed by atoms with Gasteiger partial charge in [-0.2, -0.15) is 12.6 Å². The fourth-order valence-electron chi connectivity index (χ4n) is 3.08. The molecule has 0 atom stereocenters. The van der Waals surface area contributed by atoms with E-state index in [1.165, 1.54) is 25.1 Å². The standard InChI is InChI=1S/C17H27ClN2S/c1-3-17(4-2,14-21)13-19-9-11-20(12-10-19)16-8-6-5-7-15(16)18/h5-8,21H,3-4,9-14H2,1-2H3. The van der Waals surface area contributed by atoms with Crippen molar-refractivity contribution in [1.82, 2.24) is 4.90 Å². The molecule has 0 unspecified atom stereocenters. The Balaban J connectivity index is 1.93. The maximum atomic E-state index is 6.30. The summed E-state index contributed by atoms with van der Waals surface area (Å²) in [5.41, 5.74) is 1.54. The number of hydrogen-bond donors (Lipinski definition) is 1. The second kappa shape index (κ2) is 7.75. The first-order valence-corrected chi connectivity index (χ1v) is 8.98. The first kappa shape index (κ1) is 17.0. The number of rotatable bonds is 6. The summed E-state index contributed by atoms with van der Waals surface area (Å²) in [5.74, 6) is 0.977. The van der Waals surface area contributed by atoms with Crippen molar-refractivity contribution in [3.05, 3.63) is 29.3 Å². The van der Waals surface area contributed by atoms with Crippen LogP contribution in [0.2, 0.25) is 5.02 Å². The summed E-state index contributed by atoms with van der Waals surface area (Å²) in [5, 5.41) is 0.859. The Morgan fingerprint density at radius 1 is 1.10 bits per heavy atom. The molecule has 2 rings (SSSR count). The minimum atomic E-state index is 0.371. The average molecular weight is 327 g/mol. The zero-order chi connectivity index (χ0) is 15.3. The van der Waals surface area contributed by atoms with Crippen molar-refractivity contribution in [2.75, 3.05) is 43.4 Å². The van der Waals surface area contributed by atoms with Gasteiger partial charge in [0.25, 0.3) is 0 Å². The molecule has 1 aliphatic heterocycles. The smallest absolute Gasteiger partial charge is 0.0639 e. The highest BCUT2D eigenvalue weighted by atomic mass is 35.5. The van der Waals surface area contributed by atoms with E-state index in [-0.39, 0.29) is 0 Å². The van der Waals surface area contributed by atoms with Crippen LogP contribution in [0.15, 0.2) is 24.3 Å². The minimum Gasteiger partial charge on any atom is -0.368 e. The molecule has 0 aliphatic carbocycles. The molecule has 0 radical (unpaired) electrons. The molecule has 0 N–H and O–H groups in total. The van der Waals surface area contributed by atoms with Crippen LogP contribution < -0.4 is 4.90 Å². The van der Waals surface area contributed by atoms with E-state index < -0.39 is 0 Å². The van der Waals surface area contributed by atoms with E-state index in [4.69, 9.17) is 11.6 Å². The quantitative estimate of drug-likeness (QED) is 0.783. The topological polar surface area (TPSA) is 6.48 Å². The fourth-order valence-corrected chi connectivity index (χ4v) is 3.88. The Bertz CT molecular complexity index is 432. The molecule has 118 valence electrons. The summed E-state index contributed by atoms with van der Waals surface area (Å²) in [6, 6.07) is 8.15. The molecule has 0 saturated carbocycles. The molecular weight excluding hydrogens is 300 g/mol. The molecule has 1 fully saturated rings. The number of halogens is 1. The second-order valence-corrected chi connectivity index (χ2v) is 6.80. The van der Waals surface area contributed by atoms with Gasteiger partial charge >= 0.3 is 0 Å². The summed E-state index contributed by atoms with van der Waals surface area (Å²) >= 11 is 10.9. The second-order valence-electron chi connectivity index (χ2n) is 6.08. The van der Waals surface area contributed by atoms with E-state index in [0.29, 0.717) is 5.41 Å². The molecule has 0 spiro atoms. The number of anilines is 1. The first-order chi connectivity index (χ1) is 10.1. The highest BCUT2D eigenvalue weighted by molar-refractivity contribution is 7.80. The fraction of sp³-hybridized carbons (Fsp3) is 0.647. The van der Waals surface area contributed by atoms with Crippen LogP contribution in [0.1, 0.15) is 26.7 Å². The van der Waals surface area contributed by atoms with Gasteiger partial charge < -0.3 is 4.90 Å².